The van der Waals surface area contributed by atoms with Gasteiger partial charge in [-0.15, -0.1) is 0 Å². The third kappa shape index (κ3) is 4.74. The number of carbonyl (C=O) groups excluding carboxylic acids is 1. The van der Waals surface area contributed by atoms with Crippen LogP contribution in [0.4, 0.5) is 5.82 Å². The minimum absolute atomic E-state index is 0.283. The third-order valence-corrected chi connectivity index (χ3v) is 3.84. The highest BCUT2D eigenvalue weighted by molar-refractivity contribution is 6.31. The van der Waals surface area contributed by atoms with Gasteiger partial charge in [0, 0.05) is 23.8 Å². The number of halogens is 1. The second-order valence-corrected chi connectivity index (χ2v) is 5.64. The summed E-state index contributed by atoms with van der Waals surface area (Å²) in [5.74, 6) is 0.270. The van der Waals surface area contributed by atoms with Crippen molar-refractivity contribution in [1.82, 2.24) is 20.3 Å². The van der Waals surface area contributed by atoms with Crippen molar-refractivity contribution in [1.29, 1.82) is 0 Å². The van der Waals surface area contributed by atoms with Crippen LogP contribution < -0.4 is 10.6 Å². The lowest BCUT2D eigenvalue weighted by molar-refractivity contribution is 0.0945. The zero-order valence-electron chi connectivity index (χ0n) is 13.3. The average molecular weight is 354 g/mol. The minimum atomic E-state index is -0.283. The zero-order chi connectivity index (χ0) is 17.5. The molecule has 0 saturated carbocycles. The molecule has 6 nitrogen and oxygen atoms in total. The number of rotatable bonds is 6. The second-order valence-electron chi connectivity index (χ2n) is 5.24. The molecule has 2 heterocycles. The fraction of sp³-hybridized carbons (Fsp3) is 0.111. The summed E-state index contributed by atoms with van der Waals surface area (Å²) in [6.07, 6.45) is 3.04. The molecule has 0 bridgehead atoms. The third-order valence-electron chi connectivity index (χ3n) is 3.47. The Balaban J connectivity index is 1.61. The lowest BCUT2D eigenvalue weighted by Crippen LogP contribution is -2.24. The molecule has 25 heavy (non-hydrogen) atoms. The van der Waals surface area contributed by atoms with Crippen LogP contribution in [0.15, 0.2) is 61.1 Å². The number of pyridine rings is 1. The molecule has 1 aromatic carbocycles. The maximum absolute atomic E-state index is 12.2. The molecule has 3 aromatic rings. The number of hydrogen-bond acceptors (Lipinski definition) is 5. The number of aromatic nitrogens is 3. The molecule has 0 radical (unpaired) electrons. The minimum Gasteiger partial charge on any atom is -0.366 e. The molecule has 1 amide bonds. The Morgan fingerprint density at radius 3 is 2.64 bits per heavy atom. The molecule has 0 aliphatic rings. The van der Waals surface area contributed by atoms with Crippen molar-refractivity contribution in [2.24, 2.45) is 0 Å². The fourth-order valence-electron chi connectivity index (χ4n) is 2.17. The van der Waals surface area contributed by atoms with E-state index in [1.807, 2.05) is 42.5 Å². The molecule has 0 saturated heterocycles. The van der Waals surface area contributed by atoms with E-state index in [2.05, 4.69) is 25.6 Å². The Morgan fingerprint density at radius 1 is 1.00 bits per heavy atom. The summed E-state index contributed by atoms with van der Waals surface area (Å²) in [4.78, 5) is 24.5. The van der Waals surface area contributed by atoms with Crippen molar-refractivity contribution in [3.63, 3.8) is 0 Å². The number of hydrogen-bond donors (Lipinski definition) is 2. The molecule has 2 aromatic heterocycles. The molecule has 0 fully saturated rings. The molecular formula is C18H16ClN5O. The molecule has 126 valence electrons. The molecule has 0 atom stereocenters. The van der Waals surface area contributed by atoms with Crippen LogP contribution in [0.1, 0.15) is 21.7 Å². The molecule has 3 rings (SSSR count). The number of nitrogens with zero attached hydrogens (tertiary/aromatic N) is 3. The maximum atomic E-state index is 12.2. The lowest BCUT2D eigenvalue weighted by atomic mass is 10.2. The first-order valence-corrected chi connectivity index (χ1v) is 8.07. The van der Waals surface area contributed by atoms with Gasteiger partial charge in [0.2, 0.25) is 0 Å². The summed E-state index contributed by atoms with van der Waals surface area (Å²) in [6, 6.07) is 14.7. The number of nitrogens with one attached hydrogen (secondary N) is 2. The highest BCUT2D eigenvalue weighted by Gasteiger charge is 2.09. The van der Waals surface area contributed by atoms with Gasteiger partial charge in [-0.25, -0.2) is 9.97 Å². The van der Waals surface area contributed by atoms with Gasteiger partial charge in [-0.05, 0) is 23.8 Å². The molecule has 7 heteroatoms. The van der Waals surface area contributed by atoms with Crippen LogP contribution >= 0.6 is 11.6 Å². The van der Waals surface area contributed by atoms with Crippen molar-refractivity contribution in [3.05, 3.63) is 83.0 Å². The van der Waals surface area contributed by atoms with Gasteiger partial charge in [0.15, 0.2) is 0 Å². The summed E-state index contributed by atoms with van der Waals surface area (Å²) in [7, 11) is 0. The second kappa shape index (κ2) is 8.21. The van der Waals surface area contributed by atoms with Crippen LogP contribution in [0.2, 0.25) is 5.02 Å². The molecule has 0 aliphatic heterocycles. The first kappa shape index (κ1) is 16.9. The van der Waals surface area contributed by atoms with Gasteiger partial charge in [-0.1, -0.05) is 35.9 Å². The number of amides is 1. The highest BCUT2D eigenvalue weighted by atomic mass is 35.5. The van der Waals surface area contributed by atoms with Crippen LogP contribution in [-0.4, -0.2) is 20.9 Å². The van der Waals surface area contributed by atoms with Crippen LogP contribution in [0.5, 0.6) is 0 Å². The molecule has 0 unspecified atom stereocenters. The maximum Gasteiger partial charge on any atom is 0.270 e. The first-order valence-electron chi connectivity index (χ1n) is 7.70. The predicted octanol–water partition coefficient (Wildman–Crippen LogP) is 3.07. The lowest BCUT2D eigenvalue weighted by Gasteiger charge is -2.08. The summed E-state index contributed by atoms with van der Waals surface area (Å²) < 4.78 is 0. The standard InChI is InChI=1S/C18H16ClN5O/c19-15-7-2-1-5-13(15)10-21-17-9-16(23-12-24-17)18(25)22-11-14-6-3-4-8-20-14/h1-9,12H,10-11H2,(H,22,25)(H,21,23,24). The molecular weight excluding hydrogens is 338 g/mol. The Bertz CT molecular complexity index is 857. The molecule has 2 N–H and O–H groups in total. The average Bonchev–Trinajstić information content (AvgIpc) is 2.66. The Labute approximate surface area is 150 Å². The largest absolute Gasteiger partial charge is 0.366 e. The smallest absolute Gasteiger partial charge is 0.270 e. The summed E-state index contributed by atoms with van der Waals surface area (Å²) in [6.45, 7) is 0.845. The van der Waals surface area contributed by atoms with Crippen LogP contribution in [-0.2, 0) is 13.1 Å². The Hall–Kier alpha value is -2.99. The summed E-state index contributed by atoms with van der Waals surface area (Å²) in [5.41, 5.74) is 2.01. The van der Waals surface area contributed by atoms with E-state index in [9.17, 15) is 4.79 Å². The van der Waals surface area contributed by atoms with Crippen LogP contribution in [0.25, 0.3) is 0 Å². The van der Waals surface area contributed by atoms with Gasteiger partial charge >= 0.3 is 0 Å². The Kier molecular flexibility index (Phi) is 5.53. The Morgan fingerprint density at radius 2 is 1.84 bits per heavy atom. The number of benzene rings is 1. The van der Waals surface area contributed by atoms with E-state index in [0.717, 1.165) is 11.3 Å². The molecule has 0 aliphatic carbocycles. The van der Waals surface area contributed by atoms with E-state index < -0.39 is 0 Å². The normalized spacial score (nSPS) is 10.3. The summed E-state index contributed by atoms with van der Waals surface area (Å²) in [5, 5.41) is 6.61. The SMILES string of the molecule is O=C(NCc1ccccn1)c1cc(NCc2ccccc2Cl)ncn1. The van der Waals surface area contributed by atoms with Crippen LogP contribution in [0.3, 0.4) is 0 Å². The van der Waals surface area contributed by atoms with E-state index in [1.165, 1.54) is 6.33 Å². The van der Waals surface area contributed by atoms with Gasteiger partial charge in [-0.3, -0.25) is 9.78 Å². The number of anilines is 1. The van der Waals surface area contributed by atoms with E-state index in [-0.39, 0.29) is 11.6 Å². The van der Waals surface area contributed by atoms with E-state index in [1.54, 1.807) is 12.3 Å². The number of carbonyl (C=O) groups is 1. The van der Waals surface area contributed by atoms with E-state index >= 15 is 0 Å². The predicted molar refractivity (Wildman–Crippen MR) is 96.2 cm³/mol. The zero-order valence-corrected chi connectivity index (χ0v) is 14.1. The fourth-order valence-corrected chi connectivity index (χ4v) is 2.37. The van der Waals surface area contributed by atoms with Gasteiger partial charge in [0.1, 0.15) is 17.8 Å². The monoisotopic (exact) mass is 353 g/mol. The first-order chi connectivity index (χ1) is 12.2. The van der Waals surface area contributed by atoms with Gasteiger partial charge in [-0.2, -0.15) is 0 Å². The van der Waals surface area contributed by atoms with Crippen molar-refractivity contribution in [2.75, 3.05) is 5.32 Å². The van der Waals surface area contributed by atoms with Gasteiger partial charge in [0.25, 0.3) is 5.91 Å². The highest BCUT2D eigenvalue weighted by Crippen LogP contribution is 2.16. The molecule has 0 spiro atoms. The van der Waals surface area contributed by atoms with Crippen molar-refractivity contribution in [3.8, 4) is 0 Å². The quantitative estimate of drug-likeness (QED) is 0.712. The van der Waals surface area contributed by atoms with Gasteiger partial charge < -0.3 is 10.6 Å². The summed E-state index contributed by atoms with van der Waals surface area (Å²) >= 11 is 6.13. The van der Waals surface area contributed by atoms with E-state index in [4.69, 9.17) is 11.6 Å². The van der Waals surface area contributed by atoms with Crippen molar-refractivity contribution >= 4 is 23.3 Å². The van der Waals surface area contributed by atoms with Gasteiger partial charge in [0.05, 0.1) is 12.2 Å². The topological polar surface area (TPSA) is 79.8 Å². The van der Waals surface area contributed by atoms with Crippen molar-refractivity contribution < 1.29 is 4.79 Å². The van der Waals surface area contributed by atoms with E-state index in [0.29, 0.717) is 23.9 Å². The van der Waals surface area contributed by atoms with Crippen LogP contribution in [0, 0.1) is 0 Å². The van der Waals surface area contributed by atoms with Crippen molar-refractivity contribution in [2.45, 2.75) is 13.1 Å².